The first-order chi connectivity index (χ1) is 8.65. The summed E-state index contributed by atoms with van der Waals surface area (Å²) in [5.74, 6) is -1.01. The molecule has 2 rings (SSSR count). The summed E-state index contributed by atoms with van der Waals surface area (Å²) in [4.78, 5) is 26.1. The predicted octanol–water partition coefficient (Wildman–Crippen LogP) is 0.615. The zero-order valence-electron chi connectivity index (χ0n) is 9.28. The van der Waals surface area contributed by atoms with Gasteiger partial charge in [0.25, 0.3) is 0 Å². The van der Waals surface area contributed by atoms with Crippen molar-refractivity contribution in [1.82, 2.24) is 14.8 Å². The fourth-order valence-corrected chi connectivity index (χ4v) is 1.33. The van der Waals surface area contributed by atoms with Crippen molar-refractivity contribution in [1.29, 1.82) is 0 Å². The Morgan fingerprint density at radius 1 is 1.33 bits per heavy atom. The van der Waals surface area contributed by atoms with Gasteiger partial charge in [-0.05, 0) is 18.2 Å². The van der Waals surface area contributed by atoms with Crippen molar-refractivity contribution >= 4 is 17.7 Å². The number of amides is 1. The van der Waals surface area contributed by atoms with Gasteiger partial charge in [-0.15, -0.1) is 0 Å². The van der Waals surface area contributed by atoms with Gasteiger partial charge in [-0.25, -0.2) is 9.78 Å². The average Bonchev–Trinajstić information content (AvgIpc) is 2.78. The molecule has 0 saturated heterocycles. The largest absolute Gasteiger partial charge is 0.476 e. The van der Waals surface area contributed by atoms with Crippen molar-refractivity contribution in [3.05, 3.63) is 42.4 Å². The molecular formula is C11H10N4O3. The third-order valence-electron chi connectivity index (χ3n) is 2.10. The number of pyridine rings is 1. The summed E-state index contributed by atoms with van der Waals surface area (Å²) in [5.41, 5.74) is -0.0966. The molecule has 0 bridgehead atoms. The molecule has 2 heterocycles. The normalized spacial score (nSPS) is 10.0. The second kappa shape index (κ2) is 5.09. The van der Waals surface area contributed by atoms with E-state index in [-0.39, 0.29) is 18.1 Å². The van der Waals surface area contributed by atoms with Gasteiger partial charge >= 0.3 is 5.97 Å². The highest BCUT2D eigenvalue weighted by molar-refractivity contribution is 5.89. The molecule has 2 N–H and O–H groups in total. The highest BCUT2D eigenvalue weighted by atomic mass is 16.4. The van der Waals surface area contributed by atoms with Crippen LogP contribution in [0.15, 0.2) is 36.7 Å². The first-order valence-electron chi connectivity index (χ1n) is 5.13. The van der Waals surface area contributed by atoms with Crippen molar-refractivity contribution in [2.24, 2.45) is 0 Å². The van der Waals surface area contributed by atoms with Crippen LogP contribution >= 0.6 is 0 Å². The molecule has 0 aliphatic rings. The molecule has 1 amide bonds. The number of carboxylic acids is 1. The van der Waals surface area contributed by atoms with Crippen molar-refractivity contribution in [3.8, 4) is 0 Å². The average molecular weight is 246 g/mol. The number of nitrogens with one attached hydrogen (secondary N) is 1. The Labute approximate surface area is 102 Å². The molecule has 0 fully saturated rings. The number of carboxylic acid groups (broad SMARTS) is 1. The van der Waals surface area contributed by atoms with Crippen LogP contribution in [0, 0.1) is 0 Å². The summed E-state index contributed by atoms with van der Waals surface area (Å²) < 4.78 is 1.25. The number of nitrogens with zero attached hydrogens (tertiary/aromatic N) is 3. The van der Waals surface area contributed by atoms with Crippen LogP contribution in [0.5, 0.6) is 0 Å². The SMILES string of the molecule is O=C(Cn1ccc(C(=O)O)n1)Nc1ccccn1. The van der Waals surface area contributed by atoms with Crippen LogP contribution in [-0.2, 0) is 11.3 Å². The molecular weight excluding hydrogens is 236 g/mol. The Bertz CT molecular complexity index is 565. The quantitative estimate of drug-likeness (QED) is 0.824. The maximum absolute atomic E-state index is 11.6. The molecule has 7 nitrogen and oxygen atoms in total. The highest BCUT2D eigenvalue weighted by Crippen LogP contribution is 2.01. The van der Waals surface area contributed by atoms with E-state index in [9.17, 15) is 9.59 Å². The lowest BCUT2D eigenvalue weighted by Gasteiger charge is -2.03. The third kappa shape index (κ3) is 2.91. The molecule has 92 valence electrons. The number of carbonyl (C=O) groups excluding carboxylic acids is 1. The van der Waals surface area contributed by atoms with Gasteiger partial charge < -0.3 is 10.4 Å². The van der Waals surface area contributed by atoms with E-state index in [1.807, 2.05) is 0 Å². The molecule has 0 radical (unpaired) electrons. The lowest BCUT2D eigenvalue weighted by atomic mass is 10.4. The molecule has 0 spiro atoms. The summed E-state index contributed by atoms with van der Waals surface area (Å²) in [6.45, 7) is -0.0656. The number of aromatic carboxylic acids is 1. The van der Waals surface area contributed by atoms with Crippen molar-refractivity contribution in [3.63, 3.8) is 0 Å². The zero-order chi connectivity index (χ0) is 13.0. The van der Waals surface area contributed by atoms with Gasteiger partial charge in [0.05, 0.1) is 0 Å². The molecule has 0 aliphatic heterocycles. The standard InChI is InChI=1S/C11H10N4O3/c16-10(13-9-3-1-2-5-12-9)7-15-6-4-8(14-15)11(17)18/h1-6H,7H2,(H,17,18)(H,12,13,16). The first-order valence-corrected chi connectivity index (χ1v) is 5.13. The fourth-order valence-electron chi connectivity index (χ4n) is 1.33. The van der Waals surface area contributed by atoms with Crippen LogP contribution in [0.25, 0.3) is 0 Å². The minimum absolute atomic E-state index is 0.0656. The molecule has 0 unspecified atom stereocenters. The Morgan fingerprint density at radius 3 is 2.78 bits per heavy atom. The monoisotopic (exact) mass is 246 g/mol. The van der Waals surface area contributed by atoms with E-state index in [0.29, 0.717) is 5.82 Å². The van der Waals surface area contributed by atoms with Crippen LogP contribution < -0.4 is 5.32 Å². The van der Waals surface area contributed by atoms with Crippen LogP contribution in [0.1, 0.15) is 10.5 Å². The lowest BCUT2D eigenvalue weighted by Crippen LogP contribution is -2.19. The van der Waals surface area contributed by atoms with Gasteiger partial charge in [0.1, 0.15) is 12.4 Å². The maximum atomic E-state index is 11.6. The van der Waals surface area contributed by atoms with E-state index in [1.165, 1.54) is 16.9 Å². The maximum Gasteiger partial charge on any atom is 0.356 e. The van der Waals surface area contributed by atoms with Gasteiger partial charge in [0.2, 0.25) is 5.91 Å². The third-order valence-corrected chi connectivity index (χ3v) is 2.10. The molecule has 0 aromatic carbocycles. The fraction of sp³-hybridized carbons (Fsp3) is 0.0909. The summed E-state index contributed by atoms with van der Waals surface area (Å²) >= 11 is 0. The number of rotatable bonds is 4. The lowest BCUT2D eigenvalue weighted by molar-refractivity contribution is -0.116. The molecule has 18 heavy (non-hydrogen) atoms. The van der Waals surface area contributed by atoms with Gasteiger partial charge in [-0.2, -0.15) is 5.10 Å². The minimum atomic E-state index is -1.13. The second-order valence-electron chi connectivity index (χ2n) is 3.47. The van der Waals surface area contributed by atoms with Gasteiger partial charge in [0.15, 0.2) is 5.69 Å². The summed E-state index contributed by atoms with van der Waals surface area (Å²) in [6, 6.07) is 6.47. The summed E-state index contributed by atoms with van der Waals surface area (Å²) in [6.07, 6.45) is 2.99. The van der Waals surface area contributed by atoms with E-state index in [2.05, 4.69) is 15.4 Å². The van der Waals surface area contributed by atoms with Crippen LogP contribution in [0.3, 0.4) is 0 Å². The second-order valence-corrected chi connectivity index (χ2v) is 3.47. The van der Waals surface area contributed by atoms with E-state index >= 15 is 0 Å². The van der Waals surface area contributed by atoms with E-state index in [1.54, 1.807) is 24.4 Å². The van der Waals surface area contributed by atoms with Crippen molar-refractivity contribution in [2.75, 3.05) is 5.32 Å². The van der Waals surface area contributed by atoms with Gasteiger partial charge in [0, 0.05) is 12.4 Å². The Hall–Kier alpha value is -2.70. The number of aromatic nitrogens is 3. The van der Waals surface area contributed by atoms with E-state index < -0.39 is 5.97 Å². The molecule has 2 aromatic heterocycles. The van der Waals surface area contributed by atoms with Crippen LogP contribution in [0.2, 0.25) is 0 Å². The Kier molecular flexibility index (Phi) is 3.33. The number of hydrogen-bond donors (Lipinski definition) is 2. The van der Waals surface area contributed by atoms with Crippen LogP contribution in [0.4, 0.5) is 5.82 Å². The molecule has 2 aromatic rings. The Balaban J connectivity index is 1.97. The van der Waals surface area contributed by atoms with E-state index in [4.69, 9.17) is 5.11 Å². The number of hydrogen-bond acceptors (Lipinski definition) is 4. The van der Waals surface area contributed by atoms with Crippen molar-refractivity contribution in [2.45, 2.75) is 6.54 Å². The summed E-state index contributed by atoms with van der Waals surface area (Å²) in [7, 11) is 0. The zero-order valence-corrected chi connectivity index (χ0v) is 9.28. The van der Waals surface area contributed by atoms with E-state index in [0.717, 1.165) is 0 Å². The molecule has 0 saturated carbocycles. The van der Waals surface area contributed by atoms with Gasteiger partial charge in [-0.3, -0.25) is 9.48 Å². The van der Waals surface area contributed by atoms with Gasteiger partial charge in [-0.1, -0.05) is 6.07 Å². The highest BCUT2D eigenvalue weighted by Gasteiger charge is 2.09. The summed E-state index contributed by atoms with van der Waals surface area (Å²) in [5, 5.41) is 15.0. The molecule has 0 aliphatic carbocycles. The number of carbonyl (C=O) groups is 2. The Morgan fingerprint density at radius 2 is 2.17 bits per heavy atom. The molecule has 0 atom stereocenters. The van der Waals surface area contributed by atoms with Crippen LogP contribution in [-0.4, -0.2) is 31.7 Å². The smallest absolute Gasteiger partial charge is 0.356 e. The topological polar surface area (TPSA) is 97.1 Å². The predicted molar refractivity (Wildman–Crippen MR) is 62.1 cm³/mol. The first kappa shape index (κ1) is 11.8. The minimum Gasteiger partial charge on any atom is -0.476 e. The number of anilines is 1. The molecule has 7 heteroatoms. The van der Waals surface area contributed by atoms with Crippen molar-refractivity contribution < 1.29 is 14.7 Å².